The zero-order valence-electron chi connectivity index (χ0n) is 13.1. The Labute approximate surface area is 146 Å². The number of ketones is 1. The van der Waals surface area contributed by atoms with Crippen molar-refractivity contribution in [1.29, 1.82) is 0 Å². The van der Waals surface area contributed by atoms with Gasteiger partial charge in [0.2, 0.25) is 12.3 Å². The second-order valence-electron chi connectivity index (χ2n) is 5.27. The van der Waals surface area contributed by atoms with E-state index in [4.69, 9.17) is 4.74 Å². The van der Waals surface area contributed by atoms with Crippen LogP contribution in [0.5, 0.6) is 5.75 Å². The molecule has 0 saturated heterocycles. The van der Waals surface area contributed by atoms with Gasteiger partial charge in [0, 0.05) is 23.9 Å². The van der Waals surface area contributed by atoms with Gasteiger partial charge in [0.05, 0.1) is 7.11 Å². The third-order valence-corrected chi connectivity index (χ3v) is 3.94. The molecule has 1 heterocycles. The molecule has 3 nitrogen and oxygen atoms in total. The Morgan fingerprint density at radius 1 is 1.04 bits per heavy atom. The highest BCUT2D eigenvalue weighted by Crippen LogP contribution is 2.15. The van der Waals surface area contributed by atoms with E-state index in [0.29, 0.717) is 12.1 Å². The number of Topliss-reactive ketones (excluding diaryl/α,β-unsaturated/α-hetero) is 1. The SMILES string of the molecule is COc1ccc(C(=O)C[n+]2ccc3ccccc3c2C)cc1.[Br-]. The normalized spacial score (nSPS) is 10.2. The third kappa shape index (κ3) is 3.59. The number of fused-ring (bicyclic) bond motifs is 1. The van der Waals surface area contributed by atoms with Crippen LogP contribution in [0.4, 0.5) is 0 Å². The average molecular weight is 372 g/mol. The number of pyridine rings is 1. The second kappa shape index (κ2) is 7.38. The first-order valence-corrected chi connectivity index (χ1v) is 7.24. The van der Waals surface area contributed by atoms with Crippen LogP contribution >= 0.6 is 0 Å². The number of halogens is 1. The molecule has 23 heavy (non-hydrogen) atoms. The van der Waals surface area contributed by atoms with Crippen LogP contribution in [-0.4, -0.2) is 12.9 Å². The Hall–Kier alpha value is -2.20. The highest BCUT2D eigenvalue weighted by Gasteiger charge is 2.16. The van der Waals surface area contributed by atoms with Crippen molar-refractivity contribution in [3.8, 4) is 5.75 Å². The summed E-state index contributed by atoms with van der Waals surface area (Å²) in [7, 11) is 1.62. The molecule has 0 aliphatic carbocycles. The first-order valence-electron chi connectivity index (χ1n) is 7.24. The Morgan fingerprint density at radius 2 is 1.74 bits per heavy atom. The van der Waals surface area contributed by atoms with E-state index in [2.05, 4.69) is 12.1 Å². The summed E-state index contributed by atoms with van der Waals surface area (Å²) >= 11 is 0. The first kappa shape index (κ1) is 17.2. The largest absolute Gasteiger partial charge is 1.00 e. The summed E-state index contributed by atoms with van der Waals surface area (Å²) in [6.07, 6.45) is 1.97. The van der Waals surface area contributed by atoms with E-state index in [9.17, 15) is 4.79 Å². The fraction of sp³-hybridized carbons (Fsp3) is 0.158. The van der Waals surface area contributed by atoms with Crippen LogP contribution in [0.25, 0.3) is 10.8 Å². The topological polar surface area (TPSA) is 30.2 Å². The van der Waals surface area contributed by atoms with Crippen molar-refractivity contribution < 1.29 is 31.1 Å². The van der Waals surface area contributed by atoms with Crippen LogP contribution in [0.2, 0.25) is 0 Å². The lowest BCUT2D eigenvalue weighted by atomic mass is 10.1. The summed E-state index contributed by atoms with van der Waals surface area (Å²) in [5.41, 5.74) is 1.79. The molecule has 4 heteroatoms. The molecule has 0 unspecified atom stereocenters. The molecule has 0 aliphatic heterocycles. The minimum atomic E-state index is 0. The summed E-state index contributed by atoms with van der Waals surface area (Å²) < 4.78 is 7.11. The van der Waals surface area contributed by atoms with Gasteiger partial charge in [0.1, 0.15) is 5.75 Å². The molecular weight excluding hydrogens is 354 g/mol. The van der Waals surface area contributed by atoms with Crippen LogP contribution < -0.4 is 26.3 Å². The van der Waals surface area contributed by atoms with E-state index in [1.54, 1.807) is 19.2 Å². The molecule has 0 aliphatic rings. The lowest BCUT2D eigenvalue weighted by Gasteiger charge is -2.05. The van der Waals surface area contributed by atoms with Gasteiger partial charge in [-0.25, -0.2) is 0 Å². The van der Waals surface area contributed by atoms with Crippen LogP contribution in [0.1, 0.15) is 16.1 Å². The number of nitrogens with zero attached hydrogens (tertiary/aromatic N) is 1. The van der Waals surface area contributed by atoms with E-state index < -0.39 is 0 Å². The molecule has 3 aromatic rings. The molecule has 0 radical (unpaired) electrons. The van der Waals surface area contributed by atoms with Gasteiger partial charge in [-0.2, -0.15) is 4.57 Å². The molecule has 0 spiro atoms. The lowest BCUT2D eigenvalue weighted by Crippen LogP contribution is -3.00. The van der Waals surface area contributed by atoms with Crippen molar-refractivity contribution in [3.63, 3.8) is 0 Å². The minimum Gasteiger partial charge on any atom is -1.00 e. The minimum absolute atomic E-state index is 0. The van der Waals surface area contributed by atoms with Gasteiger partial charge < -0.3 is 21.7 Å². The number of ether oxygens (including phenoxy) is 1. The number of methoxy groups -OCH3 is 1. The Morgan fingerprint density at radius 3 is 2.43 bits per heavy atom. The number of carbonyl (C=O) groups excluding carboxylic acids is 1. The summed E-state index contributed by atoms with van der Waals surface area (Å²) in [5.74, 6) is 0.845. The van der Waals surface area contributed by atoms with Crippen molar-refractivity contribution in [1.82, 2.24) is 0 Å². The van der Waals surface area contributed by atoms with Crippen LogP contribution in [-0.2, 0) is 6.54 Å². The fourth-order valence-electron chi connectivity index (χ4n) is 2.60. The second-order valence-corrected chi connectivity index (χ2v) is 5.27. The van der Waals surface area contributed by atoms with Gasteiger partial charge in [-0.15, -0.1) is 0 Å². The number of rotatable bonds is 4. The summed E-state index contributed by atoms with van der Waals surface area (Å²) in [6, 6.07) is 17.5. The maximum atomic E-state index is 12.4. The molecular formula is C19H18BrNO2. The van der Waals surface area contributed by atoms with Crippen molar-refractivity contribution in [2.45, 2.75) is 13.5 Å². The Balaban J connectivity index is 0.00000192. The molecule has 1 aromatic heterocycles. The summed E-state index contributed by atoms with van der Waals surface area (Å²) in [4.78, 5) is 12.4. The average Bonchev–Trinajstić information content (AvgIpc) is 2.57. The monoisotopic (exact) mass is 371 g/mol. The molecule has 118 valence electrons. The lowest BCUT2D eigenvalue weighted by molar-refractivity contribution is -0.687. The first-order chi connectivity index (χ1) is 10.7. The third-order valence-electron chi connectivity index (χ3n) is 3.94. The van der Waals surface area contributed by atoms with Crippen LogP contribution in [0, 0.1) is 6.92 Å². The van der Waals surface area contributed by atoms with E-state index in [1.807, 2.05) is 48.0 Å². The molecule has 0 amide bonds. The molecule has 3 rings (SSSR count). The summed E-state index contributed by atoms with van der Waals surface area (Å²) in [5, 5.41) is 2.36. The Bertz CT molecular complexity index is 828. The number of aryl methyl sites for hydroxylation is 1. The number of aromatic nitrogens is 1. The molecule has 0 bridgehead atoms. The standard InChI is InChI=1S/C19H18NO2.BrH/c1-14-18-6-4-3-5-15(18)11-12-20(14)13-19(21)16-7-9-17(22-2)10-8-16;/h3-12H,13H2,1-2H3;1H/q+1;/p-1. The Kier molecular flexibility index (Phi) is 5.50. The molecule has 0 fully saturated rings. The predicted molar refractivity (Wildman–Crippen MR) is 86.2 cm³/mol. The van der Waals surface area contributed by atoms with Crippen molar-refractivity contribution in [2.75, 3.05) is 7.11 Å². The molecule has 2 aromatic carbocycles. The number of hydrogen-bond acceptors (Lipinski definition) is 2. The van der Waals surface area contributed by atoms with E-state index in [-0.39, 0.29) is 22.8 Å². The van der Waals surface area contributed by atoms with Gasteiger partial charge in [-0.3, -0.25) is 4.79 Å². The van der Waals surface area contributed by atoms with Gasteiger partial charge in [-0.1, -0.05) is 18.2 Å². The van der Waals surface area contributed by atoms with E-state index >= 15 is 0 Å². The molecule has 0 N–H and O–H groups in total. The smallest absolute Gasteiger partial charge is 0.227 e. The predicted octanol–water partition coefficient (Wildman–Crippen LogP) is 0.331. The van der Waals surface area contributed by atoms with E-state index in [0.717, 1.165) is 11.4 Å². The zero-order chi connectivity index (χ0) is 15.5. The number of hydrogen-bond donors (Lipinski definition) is 0. The quantitative estimate of drug-likeness (QED) is 0.488. The van der Waals surface area contributed by atoms with Crippen molar-refractivity contribution >= 4 is 16.6 Å². The van der Waals surface area contributed by atoms with Crippen molar-refractivity contribution in [3.05, 3.63) is 72.1 Å². The van der Waals surface area contributed by atoms with Gasteiger partial charge in [0.15, 0.2) is 11.9 Å². The highest BCUT2D eigenvalue weighted by atomic mass is 79.9. The number of carbonyl (C=O) groups is 1. The zero-order valence-corrected chi connectivity index (χ0v) is 14.7. The molecule has 0 atom stereocenters. The van der Waals surface area contributed by atoms with Gasteiger partial charge in [0.25, 0.3) is 0 Å². The fourth-order valence-corrected chi connectivity index (χ4v) is 2.60. The summed E-state index contributed by atoms with van der Waals surface area (Å²) in [6.45, 7) is 2.38. The maximum absolute atomic E-state index is 12.4. The van der Waals surface area contributed by atoms with Gasteiger partial charge >= 0.3 is 0 Å². The van der Waals surface area contributed by atoms with Crippen LogP contribution in [0.15, 0.2) is 60.8 Å². The molecule has 0 saturated carbocycles. The van der Waals surface area contributed by atoms with Crippen molar-refractivity contribution in [2.24, 2.45) is 0 Å². The highest BCUT2D eigenvalue weighted by molar-refractivity contribution is 5.95. The number of benzene rings is 2. The van der Waals surface area contributed by atoms with E-state index in [1.165, 1.54) is 10.8 Å². The maximum Gasteiger partial charge on any atom is 0.227 e. The van der Waals surface area contributed by atoms with Crippen LogP contribution in [0.3, 0.4) is 0 Å². The van der Waals surface area contributed by atoms with Gasteiger partial charge in [-0.05, 0) is 35.7 Å².